The lowest BCUT2D eigenvalue weighted by Crippen LogP contribution is -2.13. The first-order chi connectivity index (χ1) is 11.6. The van der Waals surface area contributed by atoms with Crippen molar-refractivity contribution in [3.05, 3.63) is 70.7 Å². The summed E-state index contributed by atoms with van der Waals surface area (Å²) in [4.78, 5) is 16.4. The largest absolute Gasteiger partial charge is 0.441 e. The maximum atomic E-state index is 12.1. The SMILES string of the molecule is Cc1cc(Br)ccc1NC(=O)CCc1ncc(-c2ccccc2)o1. The van der Waals surface area contributed by atoms with Gasteiger partial charge in [-0.25, -0.2) is 4.98 Å². The first-order valence-electron chi connectivity index (χ1n) is 7.68. The number of nitrogens with zero attached hydrogens (tertiary/aromatic N) is 1. The molecule has 0 fully saturated rings. The second-order valence-electron chi connectivity index (χ2n) is 5.49. The average Bonchev–Trinajstić information content (AvgIpc) is 3.05. The minimum atomic E-state index is -0.0557. The number of oxazole rings is 1. The van der Waals surface area contributed by atoms with Crippen molar-refractivity contribution in [2.75, 3.05) is 5.32 Å². The van der Waals surface area contributed by atoms with E-state index in [1.54, 1.807) is 6.20 Å². The molecule has 122 valence electrons. The summed E-state index contributed by atoms with van der Waals surface area (Å²) < 4.78 is 6.70. The molecule has 0 aliphatic heterocycles. The summed E-state index contributed by atoms with van der Waals surface area (Å²) in [6.45, 7) is 1.96. The number of carbonyl (C=O) groups excluding carboxylic acids is 1. The third-order valence-corrected chi connectivity index (χ3v) is 4.13. The van der Waals surface area contributed by atoms with E-state index in [0.29, 0.717) is 18.7 Å². The van der Waals surface area contributed by atoms with Gasteiger partial charge in [-0.05, 0) is 30.7 Å². The Morgan fingerprint density at radius 1 is 1.21 bits per heavy atom. The fourth-order valence-electron chi connectivity index (χ4n) is 2.36. The minimum Gasteiger partial charge on any atom is -0.441 e. The van der Waals surface area contributed by atoms with Gasteiger partial charge in [0, 0.05) is 28.6 Å². The Hall–Kier alpha value is -2.40. The number of anilines is 1. The Morgan fingerprint density at radius 3 is 2.75 bits per heavy atom. The van der Waals surface area contributed by atoms with Gasteiger partial charge >= 0.3 is 0 Å². The number of hydrogen-bond donors (Lipinski definition) is 1. The number of aromatic nitrogens is 1. The standard InChI is InChI=1S/C19H17BrN2O2/c1-13-11-15(20)7-8-16(13)22-18(23)9-10-19-21-12-17(24-19)14-5-3-2-4-6-14/h2-8,11-12H,9-10H2,1H3,(H,22,23). The molecule has 0 saturated heterocycles. The summed E-state index contributed by atoms with van der Waals surface area (Å²) in [7, 11) is 0. The number of carbonyl (C=O) groups is 1. The fraction of sp³-hybridized carbons (Fsp3) is 0.158. The zero-order chi connectivity index (χ0) is 16.9. The Balaban J connectivity index is 1.58. The van der Waals surface area contributed by atoms with Crippen LogP contribution in [0.2, 0.25) is 0 Å². The molecule has 0 unspecified atom stereocenters. The van der Waals surface area contributed by atoms with E-state index >= 15 is 0 Å². The summed E-state index contributed by atoms with van der Waals surface area (Å²) in [5.41, 5.74) is 2.81. The molecule has 0 saturated carbocycles. The number of halogens is 1. The van der Waals surface area contributed by atoms with Crippen LogP contribution in [0.15, 0.2) is 63.6 Å². The molecular weight excluding hydrogens is 368 g/mol. The number of nitrogens with one attached hydrogen (secondary N) is 1. The van der Waals surface area contributed by atoms with Crippen molar-refractivity contribution in [3.63, 3.8) is 0 Å². The Kier molecular flexibility index (Phi) is 5.11. The maximum Gasteiger partial charge on any atom is 0.224 e. The summed E-state index contributed by atoms with van der Waals surface area (Å²) in [5, 5.41) is 2.92. The van der Waals surface area contributed by atoms with Gasteiger partial charge in [-0.3, -0.25) is 4.79 Å². The van der Waals surface area contributed by atoms with Crippen molar-refractivity contribution in [2.24, 2.45) is 0 Å². The smallest absolute Gasteiger partial charge is 0.224 e. The molecule has 24 heavy (non-hydrogen) atoms. The van der Waals surface area contributed by atoms with Crippen molar-refractivity contribution in [3.8, 4) is 11.3 Å². The highest BCUT2D eigenvalue weighted by Gasteiger charge is 2.10. The van der Waals surface area contributed by atoms with Crippen LogP contribution in [0.4, 0.5) is 5.69 Å². The Labute approximate surface area is 149 Å². The molecule has 0 spiro atoms. The second-order valence-corrected chi connectivity index (χ2v) is 6.41. The molecule has 0 bridgehead atoms. The van der Waals surface area contributed by atoms with Gasteiger partial charge in [0.15, 0.2) is 11.7 Å². The summed E-state index contributed by atoms with van der Waals surface area (Å²) >= 11 is 3.41. The highest BCUT2D eigenvalue weighted by Crippen LogP contribution is 2.22. The van der Waals surface area contributed by atoms with E-state index in [0.717, 1.165) is 27.0 Å². The molecule has 1 aromatic heterocycles. The van der Waals surface area contributed by atoms with Crippen LogP contribution >= 0.6 is 15.9 Å². The van der Waals surface area contributed by atoms with Crippen molar-refractivity contribution < 1.29 is 9.21 Å². The number of amides is 1. The van der Waals surface area contributed by atoms with Crippen LogP contribution in [0.5, 0.6) is 0 Å². The molecule has 5 heteroatoms. The highest BCUT2D eigenvalue weighted by molar-refractivity contribution is 9.10. The Morgan fingerprint density at radius 2 is 2.00 bits per heavy atom. The molecule has 0 atom stereocenters. The topological polar surface area (TPSA) is 55.1 Å². The van der Waals surface area contributed by atoms with E-state index in [1.807, 2.05) is 55.5 Å². The fourth-order valence-corrected chi connectivity index (χ4v) is 2.84. The second kappa shape index (κ2) is 7.45. The lowest BCUT2D eigenvalue weighted by molar-refractivity contribution is -0.116. The van der Waals surface area contributed by atoms with Gasteiger partial charge < -0.3 is 9.73 Å². The number of rotatable bonds is 5. The molecule has 2 aromatic carbocycles. The maximum absolute atomic E-state index is 12.1. The van der Waals surface area contributed by atoms with E-state index in [4.69, 9.17) is 4.42 Å². The monoisotopic (exact) mass is 384 g/mol. The van der Waals surface area contributed by atoms with Gasteiger partial charge in [0.05, 0.1) is 6.20 Å². The minimum absolute atomic E-state index is 0.0557. The molecule has 3 rings (SSSR count). The summed E-state index contributed by atoms with van der Waals surface area (Å²) in [6, 6.07) is 15.5. The molecule has 1 N–H and O–H groups in total. The zero-order valence-corrected chi connectivity index (χ0v) is 14.8. The van der Waals surface area contributed by atoms with Crippen LogP contribution < -0.4 is 5.32 Å². The average molecular weight is 385 g/mol. The third kappa shape index (κ3) is 4.11. The molecular formula is C19H17BrN2O2. The van der Waals surface area contributed by atoms with Crippen molar-refractivity contribution in [2.45, 2.75) is 19.8 Å². The van der Waals surface area contributed by atoms with Crippen molar-refractivity contribution in [1.82, 2.24) is 4.98 Å². The van der Waals surface area contributed by atoms with E-state index < -0.39 is 0 Å². The molecule has 4 nitrogen and oxygen atoms in total. The third-order valence-electron chi connectivity index (χ3n) is 3.64. The number of hydrogen-bond acceptors (Lipinski definition) is 3. The van der Waals surface area contributed by atoms with E-state index in [1.165, 1.54) is 0 Å². The van der Waals surface area contributed by atoms with Crippen LogP contribution in [0, 0.1) is 6.92 Å². The zero-order valence-electron chi connectivity index (χ0n) is 13.3. The molecule has 0 aliphatic rings. The van der Waals surface area contributed by atoms with E-state index in [9.17, 15) is 4.79 Å². The van der Waals surface area contributed by atoms with E-state index in [-0.39, 0.29) is 5.91 Å². The Bertz CT molecular complexity index is 844. The molecule has 0 aliphatic carbocycles. The van der Waals surface area contributed by atoms with Gasteiger partial charge in [-0.1, -0.05) is 46.3 Å². The number of benzene rings is 2. The lowest BCUT2D eigenvalue weighted by atomic mass is 10.2. The van der Waals surface area contributed by atoms with Crippen LogP contribution in [-0.4, -0.2) is 10.9 Å². The predicted octanol–water partition coefficient (Wildman–Crippen LogP) is 4.98. The van der Waals surface area contributed by atoms with Crippen LogP contribution in [-0.2, 0) is 11.2 Å². The van der Waals surface area contributed by atoms with Crippen LogP contribution in [0.25, 0.3) is 11.3 Å². The lowest BCUT2D eigenvalue weighted by Gasteiger charge is -2.08. The highest BCUT2D eigenvalue weighted by atomic mass is 79.9. The summed E-state index contributed by atoms with van der Waals surface area (Å²) in [5.74, 6) is 1.23. The van der Waals surface area contributed by atoms with Crippen LogP contribution in [0.1, 0.15) is 17.9 Å². The molecule has 3 aromatic rings. The van der Waals surface area contributed by atoms with Gasteiger partial charge in [0.25, 0.3) is 0 Å². The first kappa shape index (κ1) is 16.5. The molecule has 0 radical (unpaired) electrons. The van der Waals surface area contributed by atoms with Gasteiger partial charge in [-0.15, -0.1) is 0 Å². The van der Waals surface area contributed by atoms with Crippen molar-refractivity contribution in [1.29, 1.82) is 0 Å². The number of aryl methyl sites for hydroxylation is 2. The van der Waals surface area contributed by atoms with Gasteiger partial charge in [-0.2, -0.15) is 0 Å². The molecule has 1 amide bonds. The predicted molar refractivity (Wildman–Crippen MR) is 97.8 cm³/mol. The summed E-state index contributed by atoms with van der Waals surface area (Å²) in [6.07, 6.45) is 2.49. The molecule has 1 heterocycles. The van der Waals surface area contributed by atoms with Crippen LogP contribution in [0.3, 0.4) is 0 Å². The normalized spacial score (nSPS) is 10.6. The van der Waals surface area contributed by atoms with E-state index in [2.05, 4.69) is 26.2 Å². The first-order valence-corrected chi connectivity index (χ1v) is 8.47. The van der Waals surface area contributed by atoms with Gasteiger partial charge in [0.1, 0.15) is 0 Å². The van der Waals surface area contributed by atoms with Gasteiger partial charge in [0.2, 0.25) is 5.91 Å². The van der Waals surface area contributed by atoms with Crippen molar-refractivity contribution >= 4 is 27.5 Å². The quantitative estimate of drug-likeness (QED) is 0.674.